The maximum atomic E-state index is 14.2. The van der Waals surface area contributed by atoms with Gasteiger partial charge in [0.05, 0.1) is 23.4 Å². The summed E-state index contributed by atoms with van der Waals surface area (Å²) in [6.07, 6.45) is 3.25. The monoisotopic (exact) mass is 1060 g/mol. The maximum absolute atomic E-state index is 14.2. The Bertz CT molecular complexity index is 2630. The molecule has 0 saturated carbocycles. The Kier molecular flexibility index (Phi) is 20.6. The molecule has 0 fully saturated rings. The molecule has 0 radical (unpaired) electrons. The molecule has 7 N–H and O–H groups in total. The summed E-state index contributed by atoms with van der Waals surface area (Å²) in [5.74, 6) is -0.797. The van der Waals surface area contributed by atoms with Gasteiger partial charge in [-0.05, 0) is 122 Å². The van der Waals surface area contributed by atoms with Gasteiger partial charge >= 0.3 is 13.1 Å². The Morgan fingerprint density at radius 2 is 1.55 bits per heavy atom. The van der Waals surface area contributed by atoms with Crippen LogP contribution in [0.3, 0.4) is 0 Å². The van der Waals surface area contributed by atoms with Crippen LogP contribution in [-0.4, -0.2) is 104 Å². The van der Waals surface area contributed by atoms with Gasteiger partial charge in [-0.15, -0.1) is 11.8 Å². The summed E-state index contributed by atoms with van der Waals surface area (Å²) in [6.45, 7) is 9.57. The molecular formula is C47H61ClF3N6O8PS3. The van der Waals surface area contributed by atoms with Crippen LogP contribution in [-0.2, 0) is 28.9 Å². The SMILES string of the molecule is CCOP(=O)(O)CCNCCNCC[C@H](CSc1ccccc1)Nc1ccc(S(=O)(=O)NC(=O)c2ccc(NCCNCC3=C(c4ccc(Cl)cc4)CCC(C)(C)C3)cc2)cc1S(=O)(=O)C(F)(F)F. The Hall–Kier alpha value is -3.95. The third-order valence-corrected chi connectivity index (χ3v) is 16.9. The van der Waals surface area contributed by atoms with E-state index in [-0.39, 0.29) is 36.0 Å². The van der Waals surface area contributed by atoms with Crippen LogP contribution in [0, 0.1) is 5.41 Å². The molecule has 0 aliphatic heterocycles. The van der Waals surface area contributed by atoms with Crippen molar-refractivity contribution in [3.05, 3.63) is 119 Å². The van der Waals surface area contributed by atoms with Crippen molar-refractivity contribution in [2.45, 2.75) is 72.7 Å². The van der Waals surface area contributed by atoms with Gasteiger partial charge in [-0.3, -0.25) is 9.36 Å². The van der Waals surface area contributed by atoms with E-state index in [1.54, 1.807) is 19.1 Å². The number of halogens is 4. The number of nitrogens with one attached hydrogen (secondary N) is 6. The molecular weight excluding hydrogens is 996 g/mol. The van der Waals surface area contributed by atoms with E-state index in [1.165, 1.54) is 40.6 Å². The minimum Gasteiger partial charge on any atom is -0.384 e. The first-order chi connectivity index (χ1) is 32.6. The largest absolute Gasteiger partial charge is 0.501 e. The molecule has 14 nitrogen and oxygen atoms in total. The van der Waals surface area contributed by atoms with E-state index in [4.69, 9.17) is 16.1 Å². The molecule has 378 valence electrons. The van der Waals surface area contributed by atoms with Crippen molar-refractivity contribution in [1.82, 2.24) is 20.7 Å². The number of thioether (sulfide) groups is 1. The van der Waals surface area contributed by atoms with Gasteiger partial charge in [0.15, 0.2) is 0 Å². The predicted molar refractivity (Wildman–Crippen MR) is 269 cm³/mol. The van der Waals surface area contributed by atoms with Crippen LogP contribution in [0.4, 0.5) is 24.5 Å². The average molecular weight is 1060 g/mol. The van der Waals surface area contributed by atoms with Gasteiger partial charge in [-0.25, -0.2) is 21.6 Å². The van der Waals surface area contributed by atoms with E-state index in [9.17, 15) is 44.3 Å². The highest BCUT2D eigenvalue weighted by Crippen LogP contribution is 2.43. The third-order valence-electron chi connectivity index (χ3n) is 11.2. The summed E-state index contributed by atoms with van der Waals surface area (Å²) in [4.78, 5) is 21.6. The first kappa shape index (κ1) is 56.0. The van der Waals surface area contributed by atoms with Crippen molar-refractivity contribution >= 4 is 73.7 Å². The third kappa shape index (κ3) is 17.4. The number of sulfonamides is 1. The average Bonchev–Trinajstić information content (AvgIpc) is 3.29. The molecule has 5 rings (SSSR count). The molecule has 1 unspecified atom stereocenters. The van der Waals surface area contributed by atoms with E-state index < -0.39 is 60.4 Å². The van der Waals surface area contributed by atoms with Gasteiger partial charge in [0, 0.05) is 72.2 Å². The van der Waals surface area contributed by atoms with Crippen LogP contribution in [0.15, 0.2) is 117 Å². The lowest BCUT2D eigenvalue weighted by Crippen LogP contribution is -2.33. The number of benzene rings is 4. The van der Waals surface area contributed by atoms with Crippen molar-refractivity contribution in [2.24, 2.45) is 5.41 Å². The molecule has 22 heteroatoms. The summed E-state index contributed by atoms with van der Waals surface area (Å²) in [6, 6.07) is 24.6. The first-order valence-electron chi connectivity index (χ1n) is 22.5. The second kappa shape index (κ2) is 25.4. The summed E-state index contributed by atoms with van der Waals surface area (Å²) >= 11 is 7.51. The van der Waals surface area contributed by atoms with E-state index in [0.29, 0.717) is 62.5 Å². The first-order valence-corrected chi connectivity index (χ1v) is 28.5. The van der Waals surface area contributed by atoms with Crippen LogP contribution in [0.2, 0.25) is 5.02 Å². The van der Waals surface area contributed by atoms with E-state index in [2.05, 4.69) is 52.6 Å². The summed E-state index contributed by atoms with van der Waals surface area (Å²) in [5.41, 5.74) is -1.63. The summed E-state index contributed by atoms with van der Waals surface area (Å²) < 4.78 is 114. The number of amides is 1. The number of carbonyl (C=O) groups excluding carboxylic acids is 1. The van der Waals surface area contributed by atoms with Crippen molar-refractivity contribution in [3.63, 3.8) is 0 Å². The fourth-order valence-corrected chi connectivity index (χ4v) is 11.7. The van der Waals surface area contributed by atoms with Crippen molar-refractivity contribution < 1.29 is 48.8 Å². The zero-order valence-corrected chi connectivity index (χ0v) is 42.8. The fourth-order valence-electron chi connectivity index (χ4n) is 7.55. The van der Waals surface area contributed by atoms with Crippen molar-refractivity contribution in [3.8, 4) is 0 Å². The molecule has 2 atom stereocenters. The van der Waals surface area contributed by atoms with Crippen LogP contribution < -0.4 is 31.3 Å². The van der Waals surface area contributed by atoms with Gasteiger partial charge in [0.1, 0.15) is 4.90 Å². The lowest BCUT2D eigenvalue weighted by molar-refractivity contribution is -0.0436. The maximum Gasteiger partial charge on any atom is 0.501 e. The fraction of sp³-hybridized carbons (Fsp3) is 0.426. The second-order valence-electron chi connectivity index (χ2n) is 17.2. The Labute approximate surface area is 412 Å². The smallest absolute Gasteiger partial charge is 0.384 e. The molecule has 1 aliphatic carbocycles. The number of anilines is 2. The quantitative estimate of drug-likeness (QED) is 0.0170. The van der Waals surface area contributed by atoms with Gasteiger partial charge in [0.2, 0.25) is 0 Å². The number of hydrogen-bond donors (Lipinski definition) is 7. The Balaban J connectivity index is 1.21. The van der Waals surface area contributed by atoms with E-state index >= 15 is 0 Å². The second-order valence-corrected chi connectivity index (χ2v) is 24.3. The number of sulfone groups is 1. The van der Waals surface area contributed by atoms with Gasteiger partial charge in [-0.1, -0.05) is 61.4 Å². The summed E-state index contributed by atoms with van der Waals surface area (Å²) in [5, 5.41) is 16.6. The van der Waals surface area contributed by atoms with Crippen LogP contribution in [0.25, 0.3) is 5.57 Å². The lowest BCUT2D eigenvalue weighted by Gasteiger charge is -2.34. The zero-order chi connectivity index (χ0) is 50.3. The van der Waals surface area contributed by atoms with Crippen LogP contribution in [0.1, 0.15) is 62.4 Å². The number of allylic oxidation sites excluding steroid dienone is 1. The highest BCUT2D eigenvalue weighted by atomic mass is 35.5. The summed E-state index contributed by atoms with van der Waals surface area (Å²) in [7, 11) is -14.7. The number of rotatable bonds is 27. The standard InChI is InChI=1S/C47H61ClF3N6O8PS3/c1-4-65-66(59,60)29-28-53-25-24-52-23-21-39(33-67-40-8-6-5-7-9-40)56-43-19-18-41(30-44(43)68(61,62)47(49,50)51)69(63,64)57-45(58)35-12-16-38(17-13-35)55-27-26-54-32-36-31-46(2,3)22-20-42(36)34-10-14-37(48)15-11-34/h5-19,30,39,52-56H,4,20-29,31-33H2,1-3H3,(H,57,58)(H,59,60)/t39-/m1/s1. The van der Waals surface area contributed by atoms with E-state index in [1.807, 2.05) is 47.2 Å². The van der Waals surface area contributed by atoms with Gasteiger partial charge < -0.3 is 36.0 Å². The highest BCUT2D eigenvalue weighted by molar-refractivity contribution is 7.99. The minimum absolute atomic E-state index is 0.0639. The molecule has 0 saturated heterocycles. The normalized spacial score (nSPS) is 15.6. The molecule has 1 aliphatic rings. The molecule has 0 bridgehead atoms. The molecule has 0 heterocycles. The molecule has 4 aromatic carbocycles. The van der Waals surface area contributed by atoms with Crippen LogP contribution >= 0.6 is 31.0 Å². The lowest BCUT2D eigenvalue weighted by atomic mass is 9.73. The van der Waals surface area contributed by atoms with Crippen molar-refractivity contribution in [2.75, 3.05) is 75.0 Å². The predicted octanol–water partition coefficient (Wildman–Crippen LogP) is 8.78. The molecule has 69 heavy (non-hydrogen) atoms. The highest BCUT2D eigenvalue weighted by Gasteiger charge is 2.48. The number of carbonyl (C=O) groups is 1. The van der Waals surface area contributed by atoms with Crippen LogP contribution in [0.5, 0.6) is 0 Å². The minimum atomic E-state index is -6.11. The van der Waals surface area contributed by atoms with Gasteiger partial charge in [-0.2, -0.15) is 13.2 Å². The molecule has 1 amide bonds. The molecule has 0 aromatic heterocycles. The van der Waals surface area contributed by atoms with Gasteiger partial charge in [0.25, 0.3) is 25.8 Å². The molecule has 0 spiro atoms. The number of alkyl halides is 3. The number of hydrogen-bond acceptors (Lipinski definition) is 13. The molecule has 4 aromatic rings. The van der Waals surface area contributed by atoms with E-state index in [0.717, 1.165) is 36.3 Å². The topological polar surface area (TPSA) is 204 Å². The Morgan fingerprint density at radius 3 is 2.22 bits per heavy atom. The van der Waals surface area contributed by atoms with Crippen molar-refractivity contribution in [1.29, 1.82) is 0 Å². The zero-order valence-electron chi connectivity index (χ0n) is 38.7. The Morgan fingerprint density at radius 1 is 0.884 bits per heavy atom.